The van der Waals surface area contributed by atoms with E-state index in [1.807, 2.05) is 0 Å². The number of hydrogen-bond donors (Lipinski definition) is 4. The number of aliphatic hydroxyl groups is 2. The summed E-state index contributed by atoms with van der Waals surface area (Å²) in [5.41, 5.74) is 0. The molecule has 0 fully saturated rings. The Bertz CT molecular complexity index is 235. The monoisotopic (exact) mass is 384 g/mol. The molecule has 160 valence electrons. The van der Waals surface area contributed by atoms with Gasteiger partial charge in [-0.25, -0.2) is 0 Å². The lowest BCUT2D eigenvalue weighted by molar-refractivity contribution is -0.755. The molecule has 0 heterocycles. The SMILES string of the molecule is CC[C@@H](CO)[NH2+]CC[NH2+][C@@H](CC)CO.O.O.O.O.O.O=C([O-])C(=O)[O-]. The van der Waals surface area contributed by atoms with Gasteiger partial charge in [-0.05, 0) is 12.8 Å². The van der Waals surface area contributed by atoms with E-state index in [2.05, 4.69) is 24.5 Å². The second-order valence-corrected chi connectivity index (χ2v) is 4.33. The van der Waals surface area contributed by atoms with E-state index >= 15 is 0 Å². The van der Waals surface area contributed by atoms with Gasteiger partial charge in [0.2, 0.25) is 0 Å². The van der Waals surface area contributed by atoms with E-state index in [0.717, 1.165) is 25.9 Å². The van der Waals surface area contributed by atoms with Crippen LogP contribution >= 0.6 is 0 Å². The Labute approximate surface area is 146 Å². The summed E-state index contributed by atoms with van der Waals surface area (Å²) >= 11 is 0. The molecule has 0 radical (unpaired) electrons. The molecule has 0 unspecified atom stereocenters. The quantitative estimate of drug-likeness (QED) is 0.220. The molecule has 0 aromatic rings. The predicted molar refractivity (Wildman–Crippen MR) is 84.0 cm³/mol. The number of rotatable bonds is 9. The van der Waals surface area contributed by atoms with Gasteiger partial charge < -0.3 is 68.0 Å². The molecule has 0 aliphatic heterocycles. The van der Waals surface area contributed by atoms with Gasteiger partial charge in [0.15, 0.2) is 0 Å². The second-order valence-electron chi connectivity index (χ2n) is 4.33. The molecule has 16 N–H and O–H groups in total. The molecule has 0 aliphatic carbocycles. The molecule has 0 aromatic heterocycles. The Morgan fingerprint density at radius 3 is 1.12 bits per heavy atom. The molecule has 13 nitrogen and oxygen atoms in total. The number of quaternary nitrogens is 2. The maximum absolute atomic E-state index is 8.95. The van der Waals surface area contributed by atoms with Crippen LogP contribution < -0.4 is 20.8 Å². The molecule has 0 aliphatic rings. The lowest BCUT2D eigenvalue weighted by Gasteiger charge is -2.12. The number of aliphatic carboxylic acids is 2. The Morgan fingerprint density at radius 1 is 0.760 bits per heavy atom. The average molecular weight is 384 g/mol. The normalized spacial score (nSPS) is 10.4. The van der Waals surface area contributed by atoms with Crippen molar-refractivity contribution < 1.29 is 68.0 Å². The van der Waals surface area contributed by atoms with Crippen molar-refractivity contribution in [3.63, 3.8) is 0 Å². The van der Waals surface area contributed by atoms with Crippen LogP contribution in [0.3, 0.4) is 0 Å². The van der Waals surface area contributed by atoms with Crippen LogP contribution in [0.15, 0.2) is 0 Å². The Kier molecular flexibility index (Phi) is 53.3. The lowest BCUT2D eigenvalue weighted by Crippen LogP contribution is -3.00. The fourth-order valence-corrected chi connectivity index (χ4v) is 1.40. The van der Waals surface area contributed by atoms with Crippen LogP contribution in [0.2, 0.25) is 0 Å². The molecule has 13 heteroatoms. The molecule has 0 bridgehead atoms. The van der Waals surface area contributed by atoms with Gasteiger partial charge in [0.25, 0.3) is 0 Å². The van der Waals surface area contributed by atoms with Crippen molar-refractivity contribution in [1.82, 2.24) is 0 Å². The number of carbonyl (C=O) groups is 2. The zero-order chi connectivity index (χ0) is 16.0. The zero-order valence-electron chi connectivity index (χ0n) is 14.6. The number of carbonyl (C=O) groups excluding carboxylic acids is 2. The van der Waals surface area contributed by atoms with Crippen molar-refractivity contribution in [3.8, 4) is 0 Å². The molecular weight excluding hydrogens is 348 g/mol. The van der Waals surface area contributed by atoms with Gasteiger partial charge in [-0.1, -0.05) is 13.8 Å². The fourth-order valence-electron chi connectivity index (χ4n) is 1.40. The topological polar surface area (TPSA) is 311 Å². The summed E-state index contributed by atoms with van der Waals surface area (Å²) in [5, 5.41) is 40.1. The molecule has 0 saturated carbocycles. The summed E-state index contributed by atoms with van der Waals surface area (Å²) in [6.07, 6.45) is 2.02. The molecule has 2 atom stereocenters. The number of carboxylic acid groups (broad SMARTS) is 2. The van der Waals surface area contributed by atoms with Gasteiger partial charge in [0.05, 0.1) is 25.2 Å². The number of nitrogens with two attached hydrogens (primary N) is 2. The highest BCUT2D eigenvalue weighted by atomic mass is 16.4. The first-order valence-electron chi connectivity index (χ1n) is 6.73. The van der Waals surface area contributed by atoms with Crippen molar-refractivity contribution in [1.29, 1.82) is 0 Å². The largest absolute Gasteiger partial charge is 0.543 e. The van der Waals surface area contributed by atoms with Gasteiger partial charge in [-0.3, -0.25) is 0 Å². The molecule has 0 saturated heterocycles. The summed E-state index contributed by atoms with van der Waals surface area (Å²) in [6.45, 7) is 6.71. The first-order chi connectivity index (χ1) is 9.42. The van der Waals surface area contributed by atoms with Gasteiger partial charge in [0.1, 0.15) is 25.2 Å². The van der Waals surface area contributed by atoms with Crippen LogP contribution in [0.25, 0.3) is 0 Å². The van der Waals surface area contributed by atoms with E-state index in [9.17, 15) is 0 Å². The van der Waals surface area contributed by atoms with Crippen LogP contribution in [0.1, 0.15) is 26.7 Å². The Balaban J connectivity index is -0.0000000520. The summed E-state index contributed by atoms with van der Waals surface area (Å²) in [6, 6.07) is 0.690. The van der Waals surface area contributed by atoms with Crippen LogP contribution in [0.4, 0.5) is 0 Å². The third kappa shape index (κ3) is 30.9. The van der Waals surface area contributed by atoms with Gasteiger partial charge >= 0.3 is 0 Å². The van der Waals surface area contributed by atoms with Crippen molar-refractivity contribution in [2.24, 2.45) is 0 Å². The number of hydrogen-bond acceptors (Lipinski definition) is 6. The summed E-state index contributed by atoms with van der Waals surface area (Å²) in [5.74, 6) is -4.37. The summed E-state index contributed by atoms with van der Waals surface area (Å²) in [4.78, 5) is 17.9. The zero-order valence-corrected chi connectivity index (χ0v) is 14.6. The summed E-state index contributed by atoms with van der Waals surface area (Å²) < 4.78 is 0. The van der Waals surface area contributed by atoms with Crippen molar-refractivity contribution >= 4 is 11.9 Å². The van der Waals surface area contributed by atoms with Crippen LogP contribution in [-0.4, -0.2) is 87.9 Å². The highest BCUT2D eigenvalue weighted by molar-refractivity contribution is 6.25. The minimum absolute atomic E-state index is 0. The van der Waals surface area contributed by atoms with E-state index in [1.54, 1.807) is 0 Å². The van der Waals surface area contributed by atoms with E-state index in [4.69, 9.17) is 30.0 Å². The maximum Gasteiger partial charge on any atom is 0.126 e. The standard InChI is InChI=1S/C10H24N2O2.C2H2O4.5H2O/c1-3-9(7-13)11-5-6-12-10(4-2)8-14;3-1(4)2(5)6;;;;;/h9-14H,3-8H2,1-2H3;(H,3,4)(H,5,6);5*1H2/t9-,10-;;;;;;/m0....../s1. The van der Waals surface area contributed by atoms with Gasteiger partial charge in [-0.15, -0.1) is 0 Å². The molecule has 0 spiro atoms. The molecular formula is C12H36N2O11. The third-order valence-corrected chi connectivity index (χ3v) is 2.85. The summed E-state index contributed by atoms with van der Waals surface area (Å²) in [7, 11) is 0. The van der Waals surface area contributed by atoms with Crippen LogP contribution in [-0.2, 0) is 9.59 Å². The molecule has 0 amide bonds. The number of aliphatic hydroxyl groups excluding tert-OH is 2. The van der Waals surface area contributed by atoms with Crippen LogP contribution in [0, 0.1) is 0 Å². The highest BCUT2D eigenvalue weighted by Gasteiger charge is 2.09. The van der Waals surface area contributed by atoms with E-state index in [-0.39, 0.29) is 40.6 Å². The molecule has 25 heavy (non-hydrogen) atoms. The van der Waals surface area contributed by atoms with E-state index < -0.39 is 11.9 Å². The highest BCUT2D eigenvalue weighted by Crippen LogP contribution is 1.80. The predicted octanol–water partition coefficient (Wildman–Crippen LogP) is -9.98. The van der Waals surface area contributed by atoms with Crippen molar-refractivity contribution in [3.05, 3.63) is 0 Å². The van der Waals surface area contributed by atoms with Crippen molar-refractivity contribution in [2.45, 2.75) is 38.8 Å². The van der Waals surface area contributed by atoms with Crippen LogP contribution in [0.5, 0.6) is 0 Å². The smallest absolute Gasteiger partial charge is 0.126 e. The van der Waals surface area contributed by atoms with Crippen molar-refractivity contribution in [2.75, 3.05) is 26.3 Å². The van der Waals surface area contributed by atoms with E-state index in [0.29, 0.717) is 12.1 Å². The fraction of sp³-hybridized carbons (Fsp3) is 0.833. The average Bonchev–Trinajstić information content (AvgIpc) is 2.44. The minimum atomic E-state index is -2.19. The first-order valence-corrected chi connectivity index (χ1v) is 6.73. The molecule has 0 aromatic carbocycles. The first kappa shape index (κ1) is 43.7. The maximum atomic E-state index is 8.95. The van der Waals surface area contributed by atoms with Gasteiger partial charge in [-0.2, -0.15) is 0 Å². The van der Waals surface area contributed by atoms with Gasteiger partial charge in [0, 0.05) is 0 Å². The minimum Gasteiger partial charge on any atom is -0.543 e. The van der Waals surface area contributed by atoms with E-state index in [1.165, 1.54) is 0 Å². The second kappa shape index (κ2) is 30.5. The molecule has 0 rings (SSSR count). The third-order valence-electron chi connectivity index (χ3n) is 2.85. The Morgan fingerprint density at radius 2 is 1.00 bits per heavy atom. The lowest BCUT2D eigenvalue weighted by atomic mass is 10.2. The Hall–Kier alpha value is -1.42. The number of carboxylic acids is 2.